The second kappa shape index (κ2) is 8.31. The van der Waals surface area contributed by atoms with Crippen molar-refractivity contribution >= 4 is 5.57 Å². The minimum Gasteiger partial charge on any atom is -0.206 e. The lowest BCUT2D eigenvalue weighted by atomic mass is 9.86. The van der Waals surface area contributed by atoms with Crippen LogP contribution >= 0.6 is 0 Å². The first-order valence-electron chi connectivity index (χ1n) is 8.47. The molecule has 22 heavy (non-hydrogen) atoms. The van der Waals surface area contributed by atoms with E-state index in [1.807, 2.05) is 13.0 Å². The van der Waals surface area contributed by atoms with Crippen LogP contribution in [0.2, 0.25) is 0 Å². The molecule has 0 aliphatic carbocycles. The minimum atomic E-state index is -0.0873. The molecule has 1 aromatic rings. The van der Waals surface area contributed by atoms with Gasteiger partial charge in [-0.05, 0) is 73.8 Å². The van der Waals surface area contributed by atoms with Crippen LogP contribution in [-0.2, 0) is 6.42 Å². The zero-order chi connectivity index (χ0) is 16.9. The second-order valence-electron chi connectivity index (χ2n) is 6.50. The largest absolute Gasteiger partial charge is 0.206 e. The van der Waals surface area contributed by atoms with Gasteiger partial charge in [0.15, 0.2) is 0 Å². The van der Waals surface area contributed by atoms with Crippen LogP contribution < -0.4 is 0 Å². The molecule has 0 N–H and O–H groups in total. The Morgan fingerprint density at radius 2 is 1.86 bits per heavy atom. The molecule has 122 valence electrons. The van der Waals surface area contributed by atoms with E-state index in [9.17, 15) is 4.39 Å². The van der Waals surface area contributed by atoms with Crippen LogP contribution in [0.4, 0.5) is 4.39 Å². The van der Waals surface area contributed by atoms with Crippen molar-refractivity contribution in [3.05, 3.63) is 52.9 Å². The van der Waals surface area contributed by atoms with E-state index < -0.39 is 0 Å². The van der Waals surface area contributed by atoms with Crippen molar-refractivity contribution in [2.24, 2.45) is 5.92 Å². The lowest BCUT2D eigenvalue weighted by molar-refractivity contribution is 0.603. The highest BCUT2D eigenvalue weighted by Crippen LogP contribution is 2.32. The van der Waals surface area contributed by atoms with E-state index in [-0.39, 0.29) is 11.7 Å². The fourth-order valence-electron chi connectivity index (χ4n) is 2.94. The summed E-state index contributed by atoms with van der Waals surface area (Å²) in [5, 5.41) is 0. The summed E-state index contributed by atoms with van der Waals surface area (Å²) in [5.41, 5.74) is 5.92. The summed E-state index contributed by atoms with van der Waals surface area (Å²) in [6.07, 6.45) is 5.04. The first kappa shape index (κ1) is 18.7. The topological polar surface area (TPSA) is 0 Å². The number of hydrogen-bond acceptors (Lipinski definition) is 0. The molecule has 0 nitrogen and oxygen atoms in total. The Kier molecular flexibility index (Phi) is 7.06. The molecule has 0 radical (unpaired) electrons. The average molecular weight is 302 g/mol. The van der Waals surface area contributed by atoms with Crippen LogP contribution in [0, 0.1) is 25.6 Å². The highest BCUT2D eigenvalue weighted by atomic mass is 19.1. The van der Waals surface area contributed by atoms with Crippen molar-refractivity contribution in [3.63, 3.8) is 0 Å². The van der Waals surface area contributed by atoms with Crippen molar-refractivity contribution in [2.75, 3.05) is 0 Å². The molecule has 1 rings (SSSR count). The van der Waals surface area contributed by atoms with Crippen LogP contribution in [0.15, 0.2) is 24.8 Å². The van der Waals surface area contributed by atoms with Gasteiger partial charge >= 0.3 is 0 Å². The minimum absolute atomic E-state index is 0.0873. The van der Waals surface area contributed by atoms with E-state index in [2.05, 4.69) is 40.9 Å². The lowest BCUT2D eigenvalue weighted by Crippen LogP contribution is -2.06. The number of aryl methyl sites for hydroxylation is 1. The Bertz CT molecular complexity index is 552. The maximum absolute atomic E-state index is 14.8. The van der Waals surface area contributed by atoms with Gasteiger partial charge in [0.25, 0.3) is 0 Å². The van der Waals surface area contributed by atoms with E-state index in [1.54, 1.807) is 0 Å². The Labute approximate surface area is 136 Å². The molecular weight excluding hydrogens is 271 g/mol. The fraction of sp³-hybridized carbons (Fsp3) is 0.524. The van der Waals surface area contributed by atoms with Crippen LogP contribution in [-0.4, -0.2) is 0 Å². The Morgan fingerprint density at radius 1 is 1.23 bits per heavy atom. The van der Waals surface area contributed by atoms with Gasteiger partial charge in [-0.25, -0.2) is 4.39 Å². The maximum Gasteiger partial charge on any atom is 0.133 e. The standard InChI is InChI=1S/C21H31F/c1-8-10-11-19-16(5)13-20(21(22)18(19)7)17(6)15(4)12-14(3)9-2/h13,15H,3,6,8-12H2,1-2,4-5,7H3. The number of hydrogen-bond donors (Lipinski definition) is 0. The lowest BCUT2D eigenvalue weighted by Gasteiger charge is -2.20. The average Bonchev–Trinajstić information content (AvgIpc) is 2.49. The number of rotatable bonds is 8. The molecule has 1 unspecified atom stereocenters. The predicted molar refractivity (Wildman–Crippen MR) is 96.7 cm³/mol. The first-order chi connectivity index (χ1) is 10.3. The number of unbranched alkanes of at least 4 members (excludes halogenated alkanes) is 1. The SMILES string of the molecule is C=C(CC)CC(C)C(=C)c1cc(C)c(CCCC)c(C)c1F. The molecule has 1 heteroatoms. The van der Waals surface area contributed by atoms with Gasteiger partial charge in [-0.2, -0.15) is 0 Å². The maximum atomic E-state index is 14.8. The quantitative estimate of drug-likeness (QED) is 0.464. The summed E-state index contributed by atoms with van der Waals surface area (Å²) < 4.78 is 14.8. The van der Waals surface area contributed by atoms with Crippen LogP contribution in [0.1, 0.15) is 68.7 Å². The Hall–Kier alpha value is -1.37. The Morgan fingerprint density at radius 3 is 2.41 bits per heavy atom. The van der Waals surface area contributed by atoms with Gasteiger partial charge in [0.2, 0.25) is 0 Å². The van der Waals surface area contributed by atoms with Gasteiger partial charge in [0, 0.05) is 5.56 Å². The van der Waals surface area contributed by atoms with Gasteiger partial charge in [-0.15, -0.1) is 0 Å². The molecule has 1 atom stereocenters. The second-order valence-corrected chi connectivity index (χ2v) is 6.50. The molecule has 0 aliphatic heterocycles. The smallest absolute Gasteiger partial charge is 0.133 e. The zero-order valence-corrected chi connectivity index (χ0v) is 15.0. The molecule has 1 aromatic carbocycles. The summed E-state index contributed by atoms with van der Waals surface area (Å²) in [6.45, 7) is 18.6. The number of benzene rings is 1. The summed E-state index contributed by atoms with van der Waals surface area (Å²) in [5.74, 6) is 0.137. The molecule has 0 amide bonds. The first-order valence-corrected chi connectivity index (χ1v) is 8.47. The third-order valence-corrected chi connectivity index (χ3v) is 4.67. The van der Waals surface area contributed by atoms with Crippen LogP contribution in [0.25, 0.3) is 5.57 Å². The molecule has 0 fully saturated rings. The van der Waals surface area contributed by atoms with Gasteiger partial charge in [-0.3, -0.25) is 0 Å². The third kappa shape index (κ3) is 4.32. The molecular formula is C21H31F. The molecule has 0 saturated heterocycles. The predicted octanol–water partition coefficient (Wildman–Crippen LogP) is 6.79. The van der Waals surface area contributed by atoms with Crippen LogP contribution in [0.3, 0.4) is 0 Å². The van der Waals surface area contributed by atoms with Gasteiger partial charge in [0.1, 0.15) is 5.82 Å². The molecule has 0 aromatic heterocycles. The Balaban J connectivity index is 3.10. The fourth-order valence-corrected chi connectivity index (χ4v) is 2.94. The van der Waals surface area contributed by atoms with E-state index in [0.29, 0.717) is 5.56 Å². The van der Waals surface area contributed by atoms with Gasteiger partial charge < -0.3 is 0 Å². The third-order valence-electron chi connectivity index (χ3n) is 4.67. The van der Waals surface area contributed by atoms with Crippen molar-refractivity contribution in [3.8, 4) is 0 Å². The number of halogens is 1. The van der Waals surface area contributed by atoms with Gasteiger partial charge in [-0.1, -0.05) is 45.9 Å². The van der Waals surface area contributed by atoms with Crippen molar-refractivity contribution in [1.29, 1.82) is 0 Å². The van der Waals surface area contributed by atoms with E-state index >= 15 is 0 Å². The van der Waals surface area contributed by atoms with E-state index in [4.69, 9.17) is 0 Å². The van der Waals surface area contributed by atoms with Crippen LogP contribution in [0.5, 0.6) is 0 Å². The molecule has 0 saturated carbocycles. The van der Waals surface area contributed by atoms with Crippen molar-refractivity contribution in [1.82, 2.24) is 0 Å². The highest BCUT2D eigenvalue weighted by Gasteiger charge is 2.18. The highest BCUT2D eigenvalue weighted by molar-refractivity contribution is 5.68. The molecule has 0 aliphatic rings. The normalized spacial score (nSPS) is 12.3. The summed E-state index contributed by atoms with van der Waals surface area (Å²) in [4.78, 5) is 0. The van der Waals surface area contributed by atoms with Crippen molar-refractivity contribution in [2.45, 2.75) is 66.7 Å². The number of allylic oxidation sites excluding steroid dienone is 2. The van der Waals surface area contributed by atoms with Crippen molar-refractivity contribution < 1.29 is 4.39 Å². The monoisotopic (exact) mass is 302 g/mol. The molecule has 0 spiro atoms. The molecule has 0 bridgehead atoms. The van der Waals surface area contributed by atoms with Gasteiger partial charge in [0.05, 0.1) is 0 Å². The van der Waals surface area contributed by atoms with E-state index in [0.717, 1.165) is 43.2 Å². The summed E-state index contributed by atoms with van der Waals surface area (Å²) >= 11 is 0. The van der Waals surface area contributed by atoms with E-state index in [1.165, 1.54) is 16.7 Å². The summed E-state index contributed by atoms with van der Waals surface area (Å²) in [7, 11) is 0. The summed E-state index contributed by atoms with van der Waals surface area (Å²) in [6, 6.07) is 1.99. The zero-order valence-electron chi connectivity index (χ0n) is 15.0. The molecule has 0 heterocycles.